The number of nitrogens with zero attached hydrogens (tertiary/aromatic N) is 3. The van der Waals surface area contributed by atoms with Crippen LogP contribution in [0.1, 0.15) is 18.4 Å². The standard InChI is InChI=1S/C22H31FN8O2/c1-24-21(33)18-12-17(6-7-25-18)27-20(32)14-30-8-10-31(11-9-30)22-28-19(13-26-29-22)15-2-4-16(23)5-3-15/h2-5,13,17-18,25-26H,6-12,14H2,1H3,(H,24,33)(H,27,32)(H,28,29)/t17-,18+/m0/s1. The largest absolute Gasteiger partial charge is 0.358 e. The van der Waals surface area contributed by atoms with Crippen molar-refractivity contribution in [3.8, 4) is 0 Å². The van der Waals surface area contributed by atoms with Crippen LogP contribution in [0.5, 0.6) is 0 Å². The van der Waals surface area contributed by atoms with E-state index in [2.05, 4.69) is 41.6 Å². The number of halogens is 1. The molecular weight excluding hydrogens is 427 g/mol. The highest BCUT2D eigenvalue weighted by molar-refractivity contribution is 5.88. The minimum Gasteiger partial charge on any atom is -0.358 e. The number of aliphatic imine (C=N–C) groups is 1. The number of piperazine rings is 1. The number of benzene rings is 1. The molecule has 4 rings (SSSR count). The summed E-state index contributed by atoms with van der Waals surface area (Å²) in [6.45, 7) is 3.96. The fraction of sp³-hybridized carbons (Fsp3) is 0.500. The first kappa shape index (κ1) is 23.0. The average molecular weight is 459 g/mol. The van der Waals surface area contributed by atoms with Gasteiger partial charge in [0.1, 0.15) is 5.82 Å². The molecule has 3 aliphatic rings. The number of piperidine rings is 1. The Kier molecular flexibility index (Phi) is 7.40. The number of likely N-dealkylation sites (N-methyl/N-ethyl adjacent to an activating group) is 1. The number of rotatable bonds is 5. The van der Waals surface area contributed by atoms with E-state index >= 15 is 0 Å². The molecule has 0 saturated carbocycles. The minimum absolute atomic E-state index is 0.00544. The Labute approximate surface area is 192 Å². The summed E-state index contributed by atoms with van der Waals surface area (Å²) >= 11 is 0. The number of guanidine groups is 1. The Morgan fingerprint density at radius 3 is 2.67 bits per heavy atom. The van der Waals surface area contributed by atoms with Crippen LogP contribution in [0.2, 0.25) is 0 Å². The molecule has 2 saturated heterocycles. The van der Waals surface area contributed by atoms with Gasteiger partial charge in [-0.05, 0) is 43.7 Å². The van der Waals surface area contributed by atoms with Gasteiger partial charge in [-0.25, -0.2) is 9.38 Å². The lowest BCUT2D eigenvalue weighted by Gasteiger charge is -2.37. The lowest BCUT2D eigenvalue weighted by atomic mass is 9.98. The Morgan fingerprint density at radius 2 is 1.94 bits per heavy atom. The summed E-state index contributed by atoms with van der Waals surface area (Å²) in [7, 11) is 1.62. The van der Waals surface area contributed by atoms with E-state index in [-0.39, 0.29) is 29.7 Å². The van der Waals surface area contributed by atoms with Crippen molar-refractivity contribution in [2.24, 2.45) is 4.99 Å². The van der Waals surface area contributed by atoms with E-state index in [0.717, 1.165) is 43.9 Å². The van der Waals surface area contributed by atoms with E-state index in [9.17, 15) is 14.0 Å². The van der Waals surface area contributed by atoms with Crippen LogP contribution in [0, 0.1) is 5.82 Å². The topological polar surface area (TPSA) is 113 Å². The van der Waals surface area contributed by atoms with Crippen molar-refractivity contribution in [2.45, 2.75) is 24.9 Å². The zero-order valence-corrected chi connectivity index (χ0v) is 18.7. The molecule has 0 bridgehead atoms. The normalized spacial score (nSPS) is 23.5. The van der Waals surface area contributed by atoms with Crippen LogP contribution in [0.4, 0.5) is 4.39 Å². The van der Waals surface area contributed by atoms with Gasteiger partial charge < -0.3 is 26.3 Å². The summed E-state index contributed by atoms with van der Waals surface area (Å²) in [5, 5.41) is 8.92. The number of carbonyl (C=O) groups excluding carboxylic acids is 2. The van der Waals surface area contributed by atoms with E-state index in [1.165, 1.54) is 12.1 Å². The highest BCUT2D eigenvalue weighted by Gasteiger charge is 2.28. The smallest absolute Gasteiger partial charge is 0.236 e. The molecule has 0 spiro atoms. The van der Waals surface area contributed by atoms with Crippen LogP contribution in [-0.4, -0.2) is 86.0 Å². The monoisotopic (exact) mass is 458 g/mol. The van der Waals surface area contributed by atoms with Gasteiger partial charge in [0.25, 0.3) is 0 Å². The molecule has 3 heterocycles. The molecule has 2 atom stereocenters. The number of hydrogen-bond donors (Lipinski definition) is 5. The summed E-state index contributed by atoms with van der Waals surface area (Å²) < 4.78 is 13.2. The second-order valence-corrected chi connectivity index (χ2v) is 8.41. The van der Waals surface area contributed by atoms with Gasteiger partial charge in [-0.1, -0.05) is 0 Å². The zero-order chi connectivity index (χ0) is 23.2. The van der Waals surface area contributed by atoms with Gasteiger partial charge in [-0.2, -0.15) is 0 Å². The van der Waals surface area contributed by atoms with Gasteiger partial charge in [0.2, 0.25) is 17.8 Å². The second kappa shape index (κ2) is 10.6. The first-order valence-corrected chi connectivity index (χ1v) is 11.3. The maximum atomic E-state index is 13.2. The summed E-state index contributed by atoms with van der Waals surface area (Å²) in [4.78, 5) is 33.3. The maximum absolute atomic E-state index is 13.2. The van der Waals surface area contributed by atoms with Crippen molar-refractivity contribution in [3.05, 3.63) is 41.8 Å². The Morgan fingerprint density at radius 1 is 1.18 bits per heavy atom. The van der Waals surface area contributed by atoms with E-state index < -0.39 is 0 Å². The zero-order valence-electron chi connectivity index (χ0n) is 18.7. The molecule has 11 heteroatoms. The summed E-state index contributed by atoms with van der Waals surface area (Å²) in [5.41, 5.74) is 7.63. The lowest BCUT2D eigenvalue weighted by molar-refractivity contribution is -0.126. The van der Waals surface area contributed by atoms with Crippen molar-refractivity contribution in [1.82, 2.24) is 36.6 Å². The van der Waals surface area contributed by atoms with E-state index in [1.54, 1.807) is 25.4 Å². The van der Waals surface area contributed by atoms with E-state index in [4.69, 9.17) is 0 Å². The lowest BCUT2D eigenvalue weighted by Crippen LogP contribution is -2.57. The van der Waals surface area contributed by atoms with Crippen molar-refractivity contribution < 1.29 is 14.0 Å². The molecule has 3 aliphatic heterocycles. The molecule has 178 valence electrons. The summed E-state index contributed by atoms with van der Waals surface area (Å²) in [6.07, 6.45) is 3.16. The minimum atomic E-state index is -0.281. The van der Waals surface area contributed by atoms with E-state index in [0.29, 0.717) is 25.5 Å². The van der Waals surface area contributed by atoms with Crippen molar-refractivity contribution in [2.75, 3.05) is 46.3 Å². The first-order chi connectivity index (χ1) is 16.0. The Bertz CT molecular complexity index is 911. The average Bonchev–Trinajstić information content (AvgIpc) is 2.84. The molecule has 0 unspecified atom stereocenters. The number of carbonyl (C=O) groups is 2. The molecule has 33 heavy (non-hydrogen) atoms. The SMILES string of the molecule is CNC(=O)[C@H]1C[C@@H](NC(=O)CN2CCN(C3=NC(c4ccc(F)cc4)=CNN3)CC2)CCN1. The quantitative estimate of drug-likeness (QED) is 0.392. The van der Waals surface area contributed by atoms with Crippen LogP contribution in [0.15, 0.2) is 35.5 Å². The van der Waals surface area contributed by atoms with Gasteiger partial charge in [-0.3, -0.25) is 19.9 Å². The second-order valence-electron chi connectivity index (χ2n) is 8.41. The third kappa shape index (κ3) is 5.99. The van der Waals surface area contributed by atoms with Crippen molar-refractivity contribution in [1.29, 1.82) is 0 Å². The molecule has 1 aromatic carbocycles. The molecule has 10 nitrogen and oxygen atoms in total. The van der Waals surface area contributed by atoms with Crippen LogP contribution < -0.4 is 26.8 Å². The molecule has 0 radical (unpaired) electrons. The predicted octanol–water partition coefficient (Wildman–Crippen LogP) is -0.812. The Hall–Kier alpha value is -3.18. The fourth-order valence-corrected chi connectivity index (χ4v) is 4.28. The van der Waals surface area contributed by atoms with Gasteiger partial charge in [0, 0.05) is 51.0 Å². The maximum Gasteiger partial charge on any atom is 0.236 e. The van der Waals surface area contributed by atoms with Crippen LogP contribution in [0.3, 0.4) is 0 Å². The molecule has 5 N–H and O–H groups in total. The van der Waals surface area contributed by atoms with Gasteiger partial charge in [0.15, 0.2) is 0 Å². The summed E-state index contributed by atoms with van der Waals surface area (Å²) in [6, 6.07) is 5.98. The predicted molar refractivity (Wildman–Crippen MR) is 123 cm³/mol. The number of nitrogens with one attached hydrogen (secondary N) is 5. The number of amides is 2. The highest BCUT2D eigenvalue weighted by Crippen LogP contribution is 2.18. The highest BCUT2D eigenvalue weighted by atomic mass is 19.1. The summed E-state index contributed by atoms with van der Waals surface area (Å²) in [5.74, 6) is 0.367. The van der Waals surface area contributed by atoms with Gasteiger partial charge in [0.05, 0.1) is 18.3 Å². The third-order valence-electron chi connectivity index (χ3n) is 6.13. The molecule has 2 amide bonds. The fourth-order valence-electron chi connectivity index (χ4n) is 4.28. The molecular formula is C22H31FN8O2. The molecule has 0 aromatic heterocycles. The van der Waals surface area contributed by atoms with E-state index in [1.807, 2.05) is 0 Å². The van der Waals surface area contributed by atoms with Crippen molar-refractivity contribution >= 4 is 23.5 Å². The van der Waals surface area contributed by atoms with Crippen LogP contribution >= 0.6 is 0 Å². The van der Waals surface area contributed by atoms with Crippen LogP contribution in [0.25, 0.3) is 5.70 Å². The number of hydrazine groups is 1. The third-order valence-corrected chi connectivity index (χ3v) is 6.13. The Balaban J connectivity index is 1.24. The van der Waals surface area contributed by atoms with Crippen molar-refractivity contribution in [3.63, 3.8) is 0 Å². The van der Waals surface area contributed by atoms with Crippen LogP contribution in [-0.2, 0) is 9.59 Å². The first-order valence-electron chi connectivity index (χ1n) is 11.3. The number of hydrogen-bond acceptors (Lipinski definition) is 8. The van der Waals surface area contributed by atoms with Gasteiger partial charge >= 0.3 is 0 Å². The molecule has 0 aliphatic carbocycles. The molecule has 1 aromatic rings. The molecule has 2 fully saturated rings. The van der Waals surface area contributed by atoms with Gasteiger partial charge in [-0.15, -0.1) is 0 Å².